The van der Waals surface area contributed by atoms with Gasteiger partial charge < -0.3 is 10.1 Å². The Kier molecular flexibility index (Phi) is 8.89. The molecule has 1 aromatic heterocycles. The molecule has 1 aliphatic carbocycles. The van der Waals surface area contributed by atoms with Gasteiger partial charge in [-0.15, -0.1) is 12.0 Å². The normalized spacial score (nSPS) is 16.8. The number of halogens is 2. The maximum Gasteiger partial charge on any atom is 0.316 e. The van der Waals surface area contributed by atoms with Crippen LogP contribution in [0, 0.1) is 13.0 Å². The number of allylic oxidation sites excluding steroid dienone is 4. The quantitative estimate of drug-likeness (QED) is 0.278. The Labute approximate surface area is 146 Å². The van der Waals surface area contributed by atoms with Crippen molar-refractivity contribution in [3.05, 3.63) is 34.0 Å². The van der Waals surface area contributed by atoms with Crippen LogP contribution in [0.25, 0.3) is 5.57 Å². The molecule has 0 unspecified atom stereocenters. The van der Waals surface area contributed by atoms with Crippen LogP contribution in [-0.4, -0.2) is 26.6 Å². The summed E-state index contributed by atoms with van der Waals surface area (Å²) >= 11 is 1.31. The first kappa shape index (κ1) is 21.1. The molecule has 22 heavy (non-hydrogen) atoms. The number of rotatable bonds is 2. The number of aryl methyl sites for hydroxylation is 1. The molecule has 125 valence electrons. The van der Waals surface area contributed by atoms with Crippen LogP contribution in [-0.2, 0) is 20.1 Å². The van der Waals surface area contributed by atoms with Gasteiger partial charge in [-0.3, -0.25) is 10.9 Å². The fourth-order valence-corrected chi connectivity index (χ4v) is 2.62. The van der Waals surface area contributed by atoms with Gasteiger partial charge >= 0.3 is 5.78 Å². The van der Waals surface area contributed by atoms with E-state index in [1.165, 1.54) is 31.3 Å². The Morgan fingerprint density at radius 1 is 1.50 bits per heavy atom. The van der Waals surface area contributed by atoms with E-state index in [4.69, 9.17) is 9.90 Å². The number of thiazole rings is 1. The molecule has 0 saturated heterocycles. The van der Waals surface area contributed by atoms with E-state index >= 15 is 0 Å². The Balaban J connectivity index is 0.000000478. The third-order valence-electron chi connectivity index (χ3n) is 2.59. The van der Waals surface area contributed by atoms with Crippen molar-refractivity contribution in [2.24, 2.45) is 0 Å². The molecule has 1 radical (unpaired) electrons. The fourth-order valence-electron chi connectivity index (χ4n) is 1.78. The second-order valence-corrected chi connectivity index (χ2v) is 6.05. The molecule has 0 fully saturated rings. The van der Waals surface area contributed by atoms with Crippen LogP contribution in [0.2, 0.25) is 0 Å². The maximum atomic E-state index is 13.4. The van der Waals surface area contributed by atoms with Crippen molar-refractivity contribution in [2.45, 2.75) is 46.0 Å². The molecule has 7 heteroatoms. The average molecular weight is 508 g/mol. The van der Waals surface area contributed by atoms with Gasteiger partial charge in [0.1, 0.15) is 0 Å². The van der Waals surface area contributed by atoms with Crippen LogP contribution in [0.15, 0.2) is 18.0 Å². The van der Waals surface area contributed by atoms with E-state index in [0.29, 0.717) is 17.8 Å². The van der Waals surface area contributed by atoms with E-state index < -0.39 is 5.92 Å². The predicted octanol–water partition coefficient (Wildman–Crippen LogP) is 4.47. The average Bonchev–Trinajstić information content (AvgIpc) is 2.74. The molecule has 0 bridgehead atoms. The molecule has 0 amide bonds. The van der Waals surface area contributed by atoms with Crippen molar-refractivity contribution in [3.63, 3.8) is 0 Å². The van der Waals surface area contributed by atoms with Gasteiger partial charge in [0.15, 0.2) is 0 Å². The maximum absolute atomic E-state index is 13.4. The van der Waals surface area contributed by atoms with Crippen LogP contribution in [0.3, 0.4) is 0 Å². The summed E-state index contributed by atoms with van der Waals surface area (Å²) in [6, 6.07) is 0. The standard InChI is InChI=1S/C10H10F2NS.C5H8O2.Ir/c1-7-6-13-9(14-7)8-4-2-3-5-10(8,11)12;1-4(6)3-5(2)7;/h6H,2-3,5H2,1H3;3,6H,1-2H3;/q-1;;/p+1/b;4-3-;. The van der Waals surface area contributed by atoms with Gasteiger partial charge in [0, 0.05) is 37.6 Å². The number of nitrogens with zero attached hydrogens (tertiary/aromatic N) is 1. The number of alkyl halides is 2. The Morgan fingerprint density at radius 2 is 2.14 bits per heavy atom. The van der Waals surface area contributed by atoms with Gasteiger partial charge in [0.25, 0.3) is 0 Å². The monoisotopic (exact) mass is 508 g/mol. The molecular weight excluding hydrogens is 488 g/mol. The minimum Gasteiger partial charge on any atom is -0.512 e. The van der Waals surface area contributed by atoms with E-state index in [2.05, 4.69) is 11.1 Å². The first-order chi connectivity index (χ1) is 9.72. The topological polar surface area (TPSA) is 54.5 Å². The van der Waals surface area contributed by atoms with Crippen molar-refractivity contribution >= 4 is 22.7 Å². The summed E-state index contributed by atoms with van der Waals surface area (Å²) in [7, 11) is 0. The van der Waals surface area contributed by atoms with Gasteiger partial charge in [-0.25, -0.2) is 20.1 Å². The molecule has 3 nitrogen and oxygen atoms in total. The van der Waals surface area contributed by atoms with E-state index in [1.807, 2.05) is 6.92 Å². The molecule has 0 aromatic carbocycles. The molecule has 0 saturated carbocycles. The first-order valence-corrected chi connectivity index (χ1v) is 7.35. The minimum atomic E-state index is -2.73. The zero-order valence-electron chi connectivity index (χ0n) is 12.6. The number of carbonyl (C=O) groups excluding carboxylic acids is 1. The summed E-state index contributed by atoms with van der Waals surface area (Å²) in [5, 5.41) is 8.83. The van der Waals surface area contributed by atoms with E-state index in [0.717, 1.165) is 4.88 Å². The number of hydrogen-bond donors (Lipinski definition) is 1. The summed E-state index contributed by atoms with van der Waals surface area (Å²) in [5.41, 5.74) is 0.00171. The summed E-state index contributed by atoms with van der Waals surface area (Å²) in [6.07, 6.45) is 6.71. The zero-order valence-corrected chi connectivity index (χ0v) is 15.8. The largest absolute Gasteiger partial charge is 0.512 e. The predicted molar refractivity (Wildman–Crippen MR) is 81.3 cm³/mol. The van der Waals surface area contributed by atoms with Crippen LogP contribution >= 0.6 is 11.3 Å². The van der Waals surface area contributed by atoms with E-state index in [1.54, 1.807) is 6.20 Å². The number of aromatic nitrogens is 1. The van der Waals surface area contributed by atoms with Crippen molar-refractivity contribution in [3.8, 4) is 0 Å². The van der Waals surface area contributed by atoms with Crippen LogP contribution in [0.1, 0.15) is 43.0 Å². The number of aliphatic hydroxyl groups excluding tert-OH is 1. The summed E-state index contributed by atoms with van der Waals surface area (Å²) < 4.78 is 26.9. The molecule has 2 N–H and O–H groups in total. The zero-order chi connectivity index (χ0) is 16.0. The van der Waals surface area contributed by atoms with Gasteiger partial charge in [0.2, 0.25) is 5.92 Å². The van der Waals surface area contributed by atoms with Crippen molar-refractivity contribution < 1.29 is 38.8 Å². The van der Waals surface area contributed by atoms with Gasteiger partial charge in [-0.2, -0.15) is 0 Å². The second kappa shape index (κ2) is 9.28. The van der Waals surface area contributed by atoms with Crippen molar-refractivity contribution in [1.82, 2.24) is 4.98 Å². The Morgan fingerprint density at radius 3 is 2.50 bits per heavy atom. The molecule has 1 aromatic rings. The van der Waals surface area contributed by atoms with Gasteiger partial charge in [0.05, 0.1) is 18.8 Å². The number of ketones is 1. The van der Waals surface area contributed by atoms with Gasteiger partial charge in [-0.1, -0.05) is 6.42 Å². The smallest absolute Gasteiger partial charge is 0.316 e. The molecule has 0 spiro atoms. The summed E-state index contributed by atoms with van der Waals surface area (Å²) in [6.45, 7) is 4.86. The molecule has 2 rings (SSSR count). The minimum absolute atomic E-state index is 0. The SMILES string of the molecule is CC(=[OH+])/C=C(/C)O.Cc1cnc(C2=[C-]CCCC2(F)F)s1.[Ir]. The Bertz CT molecular complexity index is 564. The molecule has 0 aliphatic heterocycles. The van der Waals surface area contributed by atoms with Gasteiger partial charge in [-0.05, 0) is 18.9 Å². The first-order valence-electron chi connectivity index (χ1n) is 6.54. The number of aliphatic hydroxyl groups is 1. The van der Waals surface area contributed by atoms with Crippen LogP contribution in [0.5, 0.6) is 0 Å². The second-order valence-electron chi connectivity index (χ2n) is 4.81. The van der Waals surface area contributed by atoms with Crippen LogP contribution < -0.4 is 0 Å². The molecular formula is C15H19F2IrNO2S. The van der Waals surface area contributed by atoms with E-state index in [-0.39, 0.29) is 43.6 Å². The third kappa shape index (κ3) is 6.90. The van der Waals surface area contributed by atoms with Crippen molar-refractivity contribution in [1.29, 1.82) is 0 Å². The molecule has 1 aliphatic rings. The number of hydrogen-bond acceptors (Lipinski definition) is 3. The fraction of sp³-hybridized carbons (Fsp3) is 0.467. The summed E-state index contributed by atoms with van der Waals surface area (Å²) in [5.74, 6) is -2.48. The van der Waals surface area contributed by atoms with Crippen LogP contribution in [0.4, 0.5) is 8.78 Å². The molecule has 0 atom stereocenters. The Hall–Kier alpha value is -0.911. The van der Waals surface area contributed by atoms with Crippen molar-refractivity contribution in [2.75, 3.05) is 0 Å². The molecule has 1 heterocycles. The third-order valence-corrected chi connectivity index (χ3v) is 3.52. The summed E-state index contributed by atoms with van der Waals surface area (Å²) in [4.78, 5) is 13.3. The van der Waals surface area contributed by atoms with E-state index in [9.17, 15) is 8.78 Å².